The molecule has 33 heavy (non-hydrogen) atoms. The highest BCUT2D eigenvalue weighted by Gasteiger charge is 2.13. The van der Waals surface area contributed by atoms with E-state index in [-0.39, 0.29) is 12.4 Å². The molecular formula is C25H18Cl2O6. The van der Waals surface area contributed by atoms with Gasteiger partial charge in [0, 0.05) is 17.0 Å². The minimum absolute atomic E-state index is 0.211. The Labute approximate surface area is 199 Å². The van der Waals surface area contributed by atoms with E-state index < -0.39 is 5.63 Å². The summed E-state index contributed by atoms with van der Waals surface area (Å²) in [5.74, 6) is 1.19. The van der Waals surface area contributed by atoms with Crippen molar-refractivity contribution < 1.29 is 23.4 Å². The zero-order valence-electron chi connectivity index (χ0n) is 17.7. The molecule has 6 nitrogen and oxygen atoms in total. The largest absolute Gasteiger partial charge is 0.493 e. The third-order valence-corrected chi connectivity index (χ3v) is 5.75. The number of hydrogen-bond acceptors (Lipinski definition) is 6. The van der Waals surface area contributed by atoms with Crippen molar-refractivity contribution in [1.29, 1.82) is 0 Å². The fraction of sp³-hybridized carbons (Fsp3) is 0.120. The van der Waals surface area contributed by atoms with Gasteiger partial charge in [0.25, 0.3) is 0 Å². The lowest BCUT2D eigenvalue weighted by atomic mass is 10.1. The van der Waals surface area contributed by atoms with Gasteiger partial charge in [0.2, 0.25) is 0 Å². The van der Waals surface area contributed by atoms with Gasteiger partial charge in [-0.15, -0.1) is 0 Å². The Hall–Kier alpha value is -3.48. The quantitative estimate of drug-likeness (QED) is 0.235. The molecule has 3 aromatic carbocycles. The lowest BCUT2D eigenvalue weighted by molar-refractivity contribution is 0.0921. The van der Waals surface area contributed by atoms with Crippen molar-refractivity contribution >= 4 is 40.0 Å². The van der Waals surface area contributed by atoms with Gasteiger partial charge < -0.3 is 18.6 Å². The van der Waals surface area contributed by atoms with Crippen LogP contribution in [-0.4, -0.2) is 26.6 Å². The Morgan fingerprint density at radius 1 is 0.879 bits per heavy atom. The Kier molecular flexibility index (Phi) is 6.58. The van der Waals surface area contributed by atoms with Crippen molar-refractivity contribution in [2.75, 3.05) is 20.8 Å². The van der Waals surface area contributed by atoms with Gasteiger partial charge in [0.15, 0.2) is 23.9 Å². The second-order valence-corrected chi connectivity index (χ2v) is 7.87. The third-order valence-electron chi connectivity index (χ3n) is 5.01. The van der Waals surface area contributed by atoms with Crippen molar-refractivity contribution in [1.82, 2.24) is 0 Å². The molecule has 8 heteroatoms. The topological polar surface area (TPSA) is 75.0 Å². The maximum atomic E-state index is 12.7. The molecule has 0 bridgehead atoms. The van der Waals surface area contributed by atoms with E-state index in [2.05, 4.69) is 0 Å². The summed E-state index contributed by atoms with van der Waals surface area (Å²) in [5, 5.41) is 1.36. The smallest absolute Gasteiger partial charge is 0.344 e. The number of fused-ring (bicyclic) bond motifs is 1. The average molecular weight is 485 g/mol. The summed E-state index contributed by atoms with van der Waals surface area (Å²) in [5.41, 5.74) is 1.22. The fourth-order valence-corrected chi connectivity index (χ4v) is 3.59. The van der Waals surface area contributed by atoms with Gasteiger partial charge in [-0.2, -0.15) is 0 Å². The molecule has 1 aromatic heterocycles. The predicted octanol–water partition coefficient (Wildman–Crippen LogP) is 6.05. The van der Waals surface area contributed by atoms with Crippen LogP contribution in [0.15, 0.2) is 69.9 Å². The van der Waals surface area contributed by atoms with Crippen LogP contribution in [0.3, 0.4) is 0 Å². The van der Waals surface area contributed by atoms with E-state index in [4.69, 9.17) is 41.8 Å². The summed E-state index contributed by atoms with van der Waals surface area (Å²) >= 11 is 11.8. The summed E-state index contributed by atoms with van der Waals surface area (Å²) in [6, 6.07) is 16.6. The van der Waals surface area contributed by atoms with E-state index >= 15 is 0 Å². The Bertz CT molecular complexity index is 1410. The number of Topliss-reactive ketones (excluding diaryl/α,β-unsaturated/α-hetero) is 1. The van der Waals surface area contributed by atoms with E-state index in [0.717, 1.165) is 0 Å². The highest BCUT2D eigenvalue weighted by molar-refractivity contribution is 6.42. The number of ether oxygens (including phenoxy) is 3. The summed E-state index contributed by atoms with van der Waals surface area (Å²) in [4.78, 5) is 25.0. The molecule has 0 atom stereocenters. The second-order valence-electron chi connectivity index (χ2n) is 7.06. The van der Waals surface area contributed by atoms with Crippen LogP contribution in [0, 0.1) is 0 Å². The number of methoxy groups -OCH3 is 2. The predicted molar refractivity (Wildman–Crippen MR) is 127 cm³/mol. The van der Waals surface area contributed by atoms with Crippen LogP contribution in [0.5, 0.6) is 17.2 Å². The summed E-state index contributed by atoms with van der Waals surface area (Å²) in [6.45, 7) is -0.211. The lowest BCUT2D eigenvalue weighted by Crippen LogP contribution is -2.11. The molecule has 0 aliphatic heterocycles. The molecule has 0 N–H and O–H groups in total. The molecule has 0 fully saturated rings. The first-order valence-electron chi connectivity index (χ1n) is 9.81. The van der Waals surface area contributed by atoms with Crippen molar-refractivity contribution in [3.63, 3.8) is 0 Å². The van der Waals surface area contributed by atoms with E-state index in [9.17, 15) is 9.59 Å². The molecule has 0 saturated carbocycles. The monoisotopic (exact) mass is 484 g/mol. The van der Waals surface area contributed by atoms with Gasteiger partial charge in [-0.05, 0) is 54.1 Å². The molecule has 0 amide bonds. The van der Waals surface area contributed by atoms with Crippen LogP contribution in [0.4, 0.5) is 0 Å². The van der Waals surface area contributed by atoms with Gasteiger partial charge >= 0.3 is 5.63 Å². The van der Waals surface area contributed by atoms with Crippen LogP contribution in [0.2, 0.25) is 10.0 Å². The first-order valence-corrected chi connectivity index (χ1v) is 10.6. The molecule has 1 heterocycles. The number of rotatable bonds is 7. The zero-order valence-corrected chi connectivity index (χ0v) is 19.2. The van der Waals surface area contributed by atoms with Gasteiger partial charge in [-0.3, -0.25) is 4.79 Å². The van der Waals surface area contributed by atoms with Gasteiger partial charge in [0.05, 0.1) is 29.8 Å². The molecule has 168 valence electrons. The van der Waals surface area contributed by atoms with Crippen LogP contribution < -0.4 is 19.8 Å². The maximum Gasteiger partial charge on any atom is 0.344 e. The average Bonchev–Trinajstić information content (AvgIpc) is 2.83. The highest BCUT2D eigenvalue weighted by Crippen LogP contribution is 2.32. The molecule has 4 aromatic rings. The molecular weight excluding hydrogens is 467 g/mol. The summed E-state index contributed by atoms with van der Waals surface area (Å²) < 4.78 is 21.7. The number of carbonyl (C=O) groups excluding carboxylic acids is 1. The number of halogens is 2. The van der Waals surface area contributed by atoms with E-state index in [1.54, 1.807) is 61.7 Å². The minimum atomic E-state index is -0.515. The highest BCUT2D eigenvalue weighted by atomic mass is 35.5. The Morgan fingerprint density at radius 2 is 1.67 bits per heavy atom. The number of benzene rings is 3. The van der Waals surface area contributed by atoms with E-state index in [1.807, 2.05) is 0 Å². The normalized spacial score (nSPS) is 10.8. The maximum absolute atomic E-state index is 12.7. The Morgan fingerprint density at radius 3 is 2.39 bits per heavy atom. The minimum Gasteiger partial charge on any atom is -0.493 e. The van der Waals surface area contributed by atoms with Crippen LogP contribution in [0.25, 0.3) is 22.1 Å². The van der Waals surface area contributed by atoms with Gasteiger partial charge in [0.1, 0.15) is 11.3 Å². The molecule has 0 spiro atoms. The molecule has 0 unspecified atom stereocenters. The first kappa shape index (κ1) is 22.7. The molecule has 0 saturated heterocycles. The Balaban J connectivity index is 1.57. The number of ketones is 1. The van der Waals surface area contributed by atoms with Crippen molar-refractivity contribution in [3.8, 4) is 28.4 Å². The number of carbonyl (C=O) groups is 1. The molecule has 0 aliphatic carbocycles. The zero-order chi connectivity index (χ0) is 23.5. The van der Waals surface area contributed by atoms with Crippen LogP contribution in [0.1, 0.15) is 10.4 Å². The van der Waals surface area contributed by atoms with Gasteiger partial charge in [-0.1, -0.05) is 29.3 Å². The van der Waals surface area contributed by atoms with Gasteiger partial charge in [-0.25, -0.2) is 4.79 Å². The summed E-state index contributed by atoms with van der Waals surface area (Å²) in [6.07, 6.45) is 0. The molecule has 4 rings (SSSR count). The van der Waals surface area contributed by atoms with Crippen molar-refractivity contribution in [2.24, 2.45) is 0 Å². The van der Waals surface area contributed by atoms with E-state index in [1.165, 1.54) is 13.2 Å². The fourth-order valence-electron chi connectivity index (χ4n) is 3.29. The van der Waals surface area contributed by atoms with Crippen LogP contribution in [-0.2, 0) is 0 Å². The van der Waals surface area contributed by atoms with Crippen LogP contribution >= 0.6 is 23.2 Å². The van der Waals surface area contributed by atoms with Crippen molar-refractivity contribution in [2.45, 2.75) is 0 Å². The third kappa shape index (κ3) is 4.82. The summed E-state index contributed by atoms with van der Waals surface area (Å²) in [7, 11) is 3.07. The van der Waals surface area contributed by atoms with Crippen molar-refractivity contribution in [3.05, 3.63) is 86.7 Å². The van der Waals surface area contributed by atoms with E-state index in [0.29, 0.717) is 55.0 Å². The first-order chi connectivity index (χ1) is 15.9. The standard InChI is InChI=1S/C25H18Cl2O6/c1-30-22-8-5-14(11-24(22)31-2)18-9-16-3-6-17(12-23(16)33-25(18)29)32-13-21(28)15-4-7-19(26)20(27)10-15/h3-12H,13H2,1-2H3. The lowest BCUT2D eigenvalue weighted by Gasteiger charge is -2.10. The molecule has 0 radical (unpaired) electrons. The molecule has 0 aliphatic rings. The second kappa shape index (κ2) is 9.57. The SMILES string of the molecule is COc1ccc(-c2cc3ccc(OCC(=O)c4ccc(Cl)c(Cl)c4)cc3oc2=O)cc1OC. The number of hydrogen-bond donors (Lipinski definition) is 0.